The van der Waals surface area contributed by atoms with Crippen LogP contribution in [0.2, 0.25) is 0 Å². The molecule has 2 unspecified atom stereocenters. The Bertz CT molecular complexity index is 898. The van der Waals surface area contributed by atoms with Gasteiger partial charge < -0.3 is 4.74 Å². The summed E-state index contributed by atoms with van der Waals surface area (Å²) in [7, 11) is 0. The van der Waals surface area contributed by atoms with E-state index in [4.69, 9.17) is 4.74 Å². The zero-order valence-electron chi connectivity index (χ0n) is 20.3. The van der Waals surface area contributed by atoms with Gasteiger partial charge in [-0.3, -0.25) is 9.59 Å². The second kappa shape index (κ2) is 8.50. The van der Waals surface area contributed by atoms with E-state index < -0.39 is 0 Å². The summed E-state index contributed by atoms with van der Waals surface area (Å²) in [4.78, 5) is 24.6. The van der Waals surface area contributed by atoms with Crippen molar-refractivity contribution in [1.82, 2.24) is 0 Å². The van der Waals surface area contributed by atoms with Crippen molar-refractivity contribution in [3.8, 4) is 0 Å². The molecule has 3 nitrogen and oxygen atoms in total. The van der Waals surface area contributed by atoms with Gasteiger partial charge in [-0.1, -0.05) is 57.6 Å². The number of ketones is 2. The highest BCUT2D eigenvalue weighted by Crippen LogP contribution is 2.51. The lowest BCUT2D eigenvalue weighted by molar-refractivity contribution is -0.127. The highest BCUT2D eigenvalue weighted by Gasteiger charge is 2.47. The van der Waals surface area contributed by atoms with Crippen LogP contribution in [0.15, 0.2) is 58.7 Å². The van der Waals surface area contributed by atoms with E-state index in [0.29, 0.717) is 18.4 Å². The molecule has 0 aromatic rings. The number of rotatable bonds is 4. The molecule has 2 fully saturated rings. The zero-order chi connectivity index (χ0) is 23.0. The fraction of sp³-hybridized carbons (Fsp3) is 0.571. The molecule has 1 aliphatic heterocycles. The largest absolute Gasteiger partial charge is 0.359 e. The molecule has 1 heterocycles. The molecule has 0 spiro atoms. The Morgan fingerprint density at radius 3 is 2.26 bits per heavy atom. The van der Waals surface area contributed by atoms with Gasteiger partial charge in [0.2, 0.25) is 0 Å². The van der Waals surface area contributed by atoms with Crippen LogP contribution in [0.5, 0.6) is 0 Å². The molecule has 2 aliphatic carbocycles. The van der Waals surface area contributed by atoms with Crippen LogP contribution in [0.3, 0.4) is 0 Å². The van der Waals surface area contributed by atoms with Gasteiger partial charge in [0.05, 0.1) is 17.3 Å². The van der Waals surface area contributed by atoms with E-state index in [0.717, 1.165) is 12.0 Å². The molecule has 2 saturated carbocycles. The van der Waals surface area contributed by atoms with Crippen molar-refractivity contribution in [3.63, 3.8) is 0 Å². The van der Waals surface area contributed by atoms with E-state index in [1.165, 1.54) is 24.0 Å². The quantitative estimate of drug-likeness (QED) is 0.221. The molecule has 31 heavy (non-hydrogen) atoms. The monoisotopic (exact) mass is 422 g/mol. The van der Waals surface area contributed by atoms with E-state index in [1.54, 1.807) is 6.08 Å². The molecule has 2 atom stereocenters. The van der Waals surface area contributed by atoms with Crippen molar-refractivity contribution < 1.29 is 14.3 Å². The van der Waals surface area contributed by atoms with E-state index in [-0.39, 0.29) is 34.1 Å². The van der Waals surface area contributed by atoms with Gasteiger partial charge >= 0.3 is 0 Å². The number of hydrogen-bond donors (Lipinski definition) is 0. The standard InChI is InChI=1S/C28H38O3/c1-19(12-13-21-22(29)17-26(3,4)18-23(21)30)10-8-11-20(2)24-16-25-27(5,6)14-9-15-28(25,7)31-24/h8,10-13,16,24H,9,14-15,17-18H2,1-7H3/b10-8+,19-12+,20-11+. The summed E-state index contributed by atoms with van der Waals surface area (Å²) >= 11 is 0. The number of fused-ring (bicyclic) bond motifs is 1. The molecule has 0 amide bonds. The van der Waals surface area contributed by atoms with Crippen LogP contribution in [0.25, 0.3) is 0 Å². The average Bonchev–Trinajstić information content (AvgIpc) is 2.99. The molecule has 0 aromatic heterocycles. The van der Waals surface area contributed by atoms with E-state index in [9.17, 15) is 9.59 Å². The highest BCUT2D eigenvalue weighted by molar-refractivity contribution is 6.22. The third kappa shape index (κ3) is 5.26. The highest BCUT2D eigenvalue weighted by atomic mass is 16.5. The molecule has 0 radical (unpaired) electrons. The second-order valence-electron chi connectivity index (χ2n) is 11.2. The van der Waals surface area contributed by atoms with Gasteiger partial charge in [0.15, 0.2) is 11.6 Å². The Morgan fingerprint density at radius 1 is 1.00 bits per heavy atom. The first-order valence-electron chi connectivity index (χ1n) is 11.5. The van der Waals surface area contributed by atoms with Crippen molar-refractivity contribution in [2.75, 3.05) is 0 Å². The number of ether oxygens (including phenoxy) is 1. The summed E-state index contributed by atoms with van der Waals surface area (Å²) in [5.41, 5.74) is 3.79. The van der Waals surface area contributed by atoms with Crippen LogP contribution in [-0.2, 0) is 14.3 Å². The van der Waals surface area contributed by atoms with Crippen LogP contribution in [0, 0.1) is 10.8 Å². The van der Waals surface area contributed by atoms with Crippen LogP contribution in [0.1, 0.15) is 80.6 Å². The summed E-state index contributed by atoms with van der Waals surface area (Å²) in [5, 5.41) is 0. The summed E-state index contributed by atoms with van der Waals surface area (Å²) < 4.78 is 6.48. The molecule has 0 saturated heterocycles. The Morgan fingerprint density at radius 2 is 1.65 bits per heavy atom. The van der Waals surface area contributed by atoms with E-state index in [2.05, 4.69) is 39.8 Å². The number of carbonyl (C=O) groups is 2. The summed E-state index contributed by atoms with van der Waals surface area (Å²) in [6, 6.07) is 0. The van der Waals surface area contributed by atoms with Gasteiger partial charge in [0.25, 0.3) is 0 Å². The van der Waals surface area contributed by atoms with Gasteiger partial charge in [0.1, 0.15) is 0 Å². The van der Waals surface area contributed by atoms with Crippen molar-refractivity contribution in [3.05, 3.63) is 58.7 Å². The van der Waals surface area contributed by atoms with Crippen molar-refractivity contribution >= 4 is 11.6 Å². The lowest BCUT2D eigenvalue weighted by Crippen LogP contribution is -2.39. The summed E-state index contributed by atoms with van der Waals surface area (Å²) in [5.74, 6) is -0.0938. The molecule has 168 valence electrons. The van der Waals surface area contributed by atoms with Crippen LogP contribution < -0.4 is 0 Å². The van der Waals surface area contributed by atoms with Crippen LogP contribution >= 0.6 is 0 Å². The topological polar surface area (TPSA) is 43.4 Å². The predicted molar refractivity (Wildman–Crippen MR) is 127 cm³/mol. The lowest BCUT2D eigenvalue weighted by Gasteiger charge is -2.42. The normalized spacial score (nSPS) is 31.1. The van der Waals surface area contributed by atoms with Crippen LogP contribution in [-0.4, -0.2) is 23.3 Å². The molecular weight excluding hydrogens is 384 g/mol. The Labute approximate surface area is 188 Å². The maximum atomic E-state index is 12.3. The first kappa shape index (κ1) is 23.7. The SMILES string of the molecule is CC(/C=C/C=C(\C)C1C=C2C(C)(C)CCCC2(C)O1)=C\C=C1C(=O)CC(C)(C)CC1=O. The van der Waals surface area contributed by atoms with Crippen molar-refractivity contribution in [1.29, 1.82) is 0 Å². The second-order valence-corrected chi connectivity index (χ2v) is 11.2. The Balaban J connectivity index is 1.68. The predicted octanol–water partition coefficient (Wildman–Crippen LogP) is 6.61. The Kier molecular flexibility index (Phi) is 6.49. The third-order valence-electron chi connectivity index (χ3n) is 7.02. The van der Waals surface area contributed by atoms with Gasteiger partial charge in [-0.2, -0.15) is 0 Å². The summed E-state index contributed by atoms with van der Waals surface area (Å²) in [6.45, 7) is 14.9. The molecule has 0 bridgehead atoms. The van der Waals surface area contributed by atoms with Gasteiger partial charge in [-0.05, 0) is 74.2 Å². The first-order chi connectivity index (χ1) is 14.3. The number of Topliss-reactive ketones (excluding diaryl/α,β-unsaturated/α-hetero) is 2. The first-order valence-corrected chi connectivity index (χ1v) is 11.5. The zero-order valence-corrected chi connectivity index (χ0v) is 20.3. The van der Waals surface area contributed by atoms with E-state index >= 15 is 0 Å². The van der Waals surface area contributed by atoms with Crippen molar-refractivity contribution in [2.24, 2.45) is 10.8 Å². The molecule has 0 aromatic carbocycles. The third-order valence-corrected chi connectivity index (χ3v) is 7.02. The molecule has 3 heteroatoms. The van der Waals surface area contributed by atoms with E-state index in [1.807, 2.05) is 39.0 Å². The molecule has 3 aliphatic rings. The lowest BCUT2D eigenvalue weighted by atomic mass is 9.67. The smallest absolute Gasteiger partial charge is 0.166 e. The number of allylic oxidation sites excluding steroid dienone is 7. The minimum atomic E-state index is -0.228. The summed E-state index contributed by atoms with van der Waals surface area (Å²) in [6.07, 6.45) is 16.4. The molecule has 3 rings (SSSR count). The van der Waals surface area contributed by atoms with Crippen molar-refractivity contribution in [2.45, 2.75) is 92.3 Å². The number of hydrogen-bond acceptors (Lipinski definition) is 3. The fourth-order valence-corrected chi connectivity index (χ4v) is 5.25. The minimum Gasteiger partial charge on any atom is -0.359 e. The van der Waals surface area contributed by atoms with Crippen LogP contribution in [0.4, 0.5) is 0 Å². The van der Waals surface area contributed by atoms with Gasteiger partial charge in [0, 0.05) is 12.8 Å². The van der Waals surface area contributed by atoms with Gasteiger partial charge in [-0.25, -0.2) is 0 Å². The average molecular weight is 423 g/mol. The minimum absolute atomic E-state index is 0.0225. The molecular formula is C28H38O3. The molecule has 0 N–H and O–H groups in total. The fourth-order valence-electron chi connectivity index (χ4n) is 5.25. The maximum absolute atomic E-state index is 12.3. The maximum Gasteiger partial charge on any atom is 0.166 e. The number of carbonyl (C=O) groups excluding carboxylic acids is 2. The van der Waals surface area contributed by atoms with Gasteiger partial charge in [-0.15, -0.1) is 0 Å². The Hall–Kier alpha value is -2.00.